The summed E-state index contributed by atoms with van der Waals surface area (Å²) < 4.78 is 396. The normalized spacial score (nSPS) is 31.9. The first-order valence-corrected chi connectivity index (χ1v) is 30.7. The molecule has 0 aromatic carbocycles. The lowest BCUT2D eigenvalue weighted by Crippen LogP contribution is -2.63. The van der Waals surface area contributed by atoms with Crippen LogP contribution in [0.5, 0.6) is 0 Å². The lowest BCUT2D eigenvalue weighted by Gasteiger charge is -2.43. The molecule has 0 aromatic rings. The third kappa shape index (κ3) is 24.4. The van der Waals surface area contributed by atoms with Crippen LogP contribution in [0.1, 0.15) is 0 Å². The van der Waals surface area contributed by atoms with Gasteiger partial charge in [-0.25, -0.2) is 41.8 Å². The predicted octanol–water partition coefficient (Wildman–Crippen LogP) is -8.62. The first-order valence-electron chi connectivity index (χ1n) is 17.1. The van der Waals surface area contributed by atoms with Crippen molar-refractivity contribution < 1.29 is 195 Å². The van der Waals surface area contributed by atoms with E-state index in [2.05, 4.69) is 41.8 Å². The van der Waals surface area contributed by atoms with Gasteiger partial charge in [0.2, 0.25) is 0 Å². The van der Waals surface area contributed by atoms with Crippen molar-refractivity contribution in [3.8, 4) is 0 Å². The van der Waals surface area contributed by atoms with Crippen LogP contribution in [0, 0.1) is 0 Å². The van der Waals surface area contributed by atoms with Crippen LogP contribution in [0.3, 0.4) is 0 Å². The largest absolute Gasteiger partial charge is 0.397 e. The third-order valence-electron chi connectivity index (χ3n) is 8.06. The number of rotatable bonds is 28. The zero-order valence-electron chi connectivity index (χ0n) is 33.8. The average molecular weight is 1290 g/mol. The topological polar surface area (TPSA) is 682 Å². The molecule has 73 heavy (non-hydrogen) atoms. The molecular weight excluding hydrogens is 1260 g/mol. The number of hydrogen-bond donors (Lipinski definition) is 10. The molecule has 3 saturated heterocycles. The van der Waals surface area contributed by atoms with E-state index >= 15 is 0 Å². The van der Waals surface area contributed by atoms with Gasteiger partial charge in [0.25, 0.3) is 0 Å². The molecule has 0 unspecified atom stereocenters. The van der Waals surface area contributed by atoms with Crippen LogP contribution in [0.25, 0.3) is 0 Å². The van der Waals surface area contributed by atoms with Crippen LogP contribution < -0.4 is 0 Å². The second kappa shape index (κ2) is 23.8. The molecule has 3 aliphatic rings. The van der Waals surface area contributed by atoms with E-state index in [9.17, 15) is 121 Å². The van der Waals surface area contributed by atoms with Gasteiger partial charge in [0.1, 0.15) is 61.0 Å². The Morgan fingerprint density at radius 1 is 0.247 bits per heavy atom. The molecule has 0 aromatic heterocycles. The molecule has 0 saturated carbocycles. The van der Waals surface area contributed by atoms with Crippen molar-refractivity contribution in [2.24, 2.45) is 0 Å². The summed E-state index contributed by atoms with van der Waals surface area (Å²) in [5.41, 5.74) is 0. The maximum atomic E-state index is 12.0. The molecule has 0 radical (unpaired) electrons. The van der Waals surface area contributed by atoms with E-state index in [1.165, 1.54) is 0 Å². The molecule has 0 bridgehead atoms. The van der Waals surface area contributed by atoms with Crippen LogP contribution in [0.4, 0.5) is 0 Å². The SMILES string of the molecule is O=S(=O)(O)OC[C@H]1O[C@@H](OC[C@H]2O[C@H](CO[C@@H]3O[C@H](COS(=O)(=O)O)[C@@H](OS(=O)(=O)O)[C@H](OS(=O)(=O)O)[C@H]3OS(=O)(=O)O)[C@@H](OS(=O)(=O)O)[C@@H]2OS(=O)(=O)O)[C@H](OS(=O)(=O)O)[C@@H](OS(=O)(=O)O)[C@@H]1OS(=O)(=O)O. The lowest BCUT2D eigenvalue weighted by atomic mass is 9.99. The second-order valence-corrected chi connectivity index (χ2v) is 23.9. The maximum Gasteiger partial charge on any atom is 0.397 e. The zero-order chi connectivity index (χ0) is 56.5. The highest BCUT2D eigenvalue weighted by atomic mass is 32.3. The molecule has 55 heteroatoms. The fraction of sp³-hybridized carbons (Fsp3) is 1.00. The van der Waals surface area contributed by atoms with Gasteiger partial charge in [-0.2, -0.15) is 84.2 Å². The molecule has 3 fully saturated rings. The van der Waals surface area contributed by atoms with Gasteiger partial charge in [0.15, 0.2) is 24.8 Å². The van der Waals surface area contributed by atoms with E-state index in [1.807, 2.05) is 0 Å². The Labute approximate surface area is 409 Å². The van der Waals surface area contributed by atoms with Gasteiger partial charge in [0, 0.05) is 0 Å². The van der Waals surface area contributed by atoms with Gasteiger partial charge >= 0.3 is 104 Å². The monoisotopic (exact) mass is 1290 g/mol. The van der Waals surface area contributed by atoms with E-state index in [4.69, 9.17) is 32.8 Å². The summed E-state index contributed by atoms with van der Waals surface area (Å²) in [5.74, 6) is 0. The Bertz CT molecular complexity index is 2880. The molecule has 434 valence electrons. The van der Waals surface area contributed by atoms with E-state index in [0.717, 1.165) is 0 Å². The summed E-state index contributed by atoms with van der Waals surface area (Å²) in [6.45, 7) is -7.33. The van der Waals surface area contributed by atoms with Crippen molar-refractivity contribution in [3.63, 3.8) is 0 Å². The maximum absolute atomic E-state index is 12.0. The lowest BCUT2D eigenvalue weighted by molar-refractivity contribution is -0.296. The van der Waals surface area contributed by atoms with Gasteiger partial charge in [-0.3, -0.25) is 45.5 Å². The van der Waals surface area contributed by atoms with E-state index in [1.54, 1.807) is 0 Å². The van der Waals surface area contributed by atoms with Crippen molar-refractivity contribution in [1.82, 2.24) is 0 Å². The molecule has 0 aliphatic carbocycles. The molecule has 10 N–H and O–H groups in total. The van der Waals surface area contributed by atoms with Crippen molar-refractivity contribution in [1.29, 1.82) is 0 Å². The molecule has 45 nitrogen and oxygen atoms in total. The Morgan fingerprint density at radius 2 is 0.438 bits per heavy atom. The predicted molar refractivity (Wildman–Crippen MR) is 204 cm³/mol. The molecule has 14 atom stereocenters. The minimum absolute atomic E-state index is 1.80. The Kier molecular flexibility index (Phi) is 21.5. The van der Waals surface area contributed by atoms with Gasteiger partial charge in [-0.05, 0) is 0 Å². The van der Waals surface area contributed by atoms with Crippen LogP contribution >= 0.6 is 0 Å². The minimum Gasteiger partial charge on any atom is -0.364 e. The fourth-order valence-electron chi connectivity index (χ4n) is 6.06. The highest BCUT2D eigenvalue weighted by Gasteiger charge is 2.58. The summed E-state index contributed by atoms with van der Waals surface area (Å²) in [5, 5.41) is 0. The zero-order valence-corrected chi connectivity index (χ0v) is 41.9. The summed E-state index contributed by atoms with van der Waals surface area (Å²) in [4.78, 5) is 0. The molecule has 3 aliphatic heterocycles. The molecule has 0 amide bonds. The third-order valence-corrected chi connectivity index (χ3v) is 12.7. The second-order valence-electron chi connectivity index (χ2n) is 13.3. The fourth-order valence-corrected chi connectivity index (χ4v) is 10.7. The van der Waals surface area contributed by atoms with Crippen molar-refractivity contribution in [2.75, 3.05) is 26.4 Å². The summed E-state index contributed by atoms with van der Waals surface area (Å²) in [6.07, 6.45) is -42.1. The smallest absolute Gasteiger partial charge is 0.364 e. The van der Waals surface area contributed by atoms with E-state index < -0.39 is 216 Å². The van der Waals surface area contributed by atoms with Gasteiger partial charge in [-0.1, -0.05) is 0 Å². The van der Waals surface area contributed by atoms with Gasteiger partial charge in [-0.15, -0.1) is 0 Å². The first kappa shape index (κ1) is 65.8. The molecular formula is C18H32O45S10. The van der Waals surface area contributed by atoms with Gasteiger partial charge in [0.05, 0.1) is 26.4 Å². The van der Waals surface area contributed by atoms with Crippen molar-refractivity contribution in [3.05, 3.63) is 0 Å². The first-order chi connectivity index (χ1) is 32.4. The summed E-state index contributed by atoms with van der Waals surface area (Å²) >= 11 is 0. The van der Waals surface area contributed by atoms with Crippen LogP contribution in [-0.4, -0.2) is 242 Å². The van der Waals surface area contributed by atoms with Crippen LogP contribution in [-0.2, 0) is 170 Å². The summed E-state index contributed by atoms with van der Waals surface area (Å²) in [7, 11) is -60.1. The summed E-state index contributed by atoms with van der Waals surface area (Å²) in [6, 6.07) is 0. The molecule has 0 spiro atoms. The standard InChI is InChI=1S/C18H32O45S10/c19-64(20,21)51-3-7-11(58-68(31,32)33)13(60-70(37,38)39)15(62-72(43,44)45)17(54-7)49-1-5-9(56-66(25,26)27)10(57-67(28,29)30)6(53-5)2-50-18-16(63-73(46,47)48)14(61-71(40,41)42)12(59-69(34,35)36)8(55-18)4-52-65(22,23)24/h5-18H,1-4H2,(H,19,20,21)(H,22,23,24)(H,25,26,27)(H,28,29,30)(H,31,32,33)(H,34,35,36)(H,37,38,39)(H,40,41,42)(H,43,44,45)(H,46,47,48)/t5-,6-,7-,8-,9-,10-,11-,12-,13+,14+,15-,16-,17-,18-/m1/s1. The van der Waals surface area contributed by atoms with E-state index in [-0.39, 0.29) is 0 Å². The van der Waals surface area contributed by atoms with Crippen LogP contribution in [0.2, 0.25) is 0 Å². The molecule has 3 rings (SSSR count). The quantitative estimate of drug-likeness (QED) is 0.0325. The van der Waals surface area contributed by atoms with Crippen molar-refractivity contribution in [2.45, 2.75) is 85.8 Å². The van der Waals surface area contributed by atoms with Crippen molar-refractivity contribution >= 4 is 104 Å². The van der Waals surface area contributed by atoms with Gasteiger partial charge < -0.3 is 23.7 Å². The number of hydrogen-bond acceptors (Lipinski definition) is 35. The highest BCUT2D eigenvalue weighted by molar-refractivity contribution is 7.83. The average Bonchev–Trinajstić information content (AvgIpc) is 3.40. The molecule has 3 heterocycles. The minimum atomic E-state index is -6.14. The number of ether oxygens (including phenoxy) is 5. The Morgan fingerprint density at radius 3 is 0.658 bits per heavy atom. The Hall–Kier alpha value is -1.50. The van der Waals surface area contributed by atoms with E-state index in [0.29, 0.717) is 0 Å². The van der Waals surface area contributed by atoms with Crippen LogP contribution in [0.15, 0.2) is 0 Å². The Balaban J connectivity index is 2.22. The highest BCUT2D eigenvalue weighted by Crippen LogP contribution is 2.37.